The van der Waals surface area contributed by atoms with Crippen LogP contribution in [0.15, 0.2) is 22.7 Å². The average Bonchev–Trinajstić information content (AvgIpc) is 2.32. The molecule has 0 saturated carbocycles. The van der Waals surface area contributed by atoms with E-state index in [1.165, 1.54) is 0 Å². The van der Waals surface area contributed by atoms with Crippen molar-refractivity contribution in [3.05, 3.63) is 28.2 Å². The van der Waals surface area contributed by atoms with Crippen molar-refractivity contribution in [2.75, 3.05) is 5.06 Å². The van der Waals surface area contributed by atoms with Crippen molar-refractivity contribution in [3.8, 4) is 0 Å². The number of hydrogen-bond acceptors (Lipinski definition) is 2. The minimum atomic E-state index is -0.281. The topological polar surface area (TPSA) is 40.5 Å². The number of nitrogens with zero attached hydrogens (tertiary/aromatic N) is 1. The van der Waals surface area contributed by atoms with Crippen molar-refractivity contribution in [1.82, 2.24) is 0 Å². The van der Waals surface area contributed by atoms with Crippen LogP contribution in [-0.4, -0.2) is 11.1 Å². The lowest BCUT2D eigenvalue weighted by molar-refractivity contribution is -0.122. The molecule has 3 nitrogen and oxygen atoms in total. The third-order valence-corrected chi connectivity index (χ3v) is 2.63. The van der Waals surface area contributed by atoms with Gasteiger partial charge in [-0.25, -0.2) is 0 Å². The predicted octanol–water partition coefficient (Wildman–Crippen LogP) is 1.73. The Morgan fingerprint density at radius 1 is 1.50 bits per heavy atom. The number of anilines is 1. The second-order valence-electron chi connectivity index (χ2n) is 2.62. The normalized spacial score (nSPS) is 15.2. The Hall–Kier alpha value is -0.870. The lowest BCUT2D eigenvalue weighted by Crippen LogP contribution is -2.21. The first-order chi connectivity index (χ1) is 5.70. The fraction of sp³-hybridized carbons (Fsp3) is 0.125. The first kappa shape index (κ1) is 7.76. The monoisotopic (exact) mass is 227 g/mol. The van der Waals surface area contributed by atoms with E-state index in [1.54, 1.807) is 12.1 Å². The summed E-state index contributed by atoms with van der Waals surface area (Å²) in [6, 6.07) is 5.35. The van der Waals surface area contributed by atoms with Crippen molar-refractivity contribution < 1.29 is 10.0 Å². The Morgan fingerprint density at radius 3 is 2.92 bits per heavy atom. The number of amides is 1. The lowest BCUT2D eigenvalue weighted by atomic mass is 10.2. The molecular weight excluding hydrogens is 222 g/mol. The van der Waals surface area contributed by atoms with E-state index in [2.05, 4.69) is 15.9 Å². The van der Waals surface area contributed by atoms with E-state index >= 15 is 0 Å². The van der Waals surface area contributed by atoms with Gasteiger partial charge in [0.05, 0.1) is 12.1 Å². The average molecular weight is 228 g/mol. The van der Waals surface area contributed by atoms with Gasteiger partial charge in [-0.2, -0.15) is 5.06 Å². The molecule has 0 saturated heterocycles. The van der Waals surface area contributed by atoms with Crippen LogP contribution in [0.4, 0.5) is 5.69 Å². The second kappa shape index (κ2) is 2.57. The fourth-order valence-corrected chi connectivity index (χ4v) is 1.78. The maximum Gasteiger partial charge on any atom is 0.255 e. The molecule has 4 heteroatoms. The molecule has 1 aliphatic rings. The van der Waals surface area contributed by atoms with Crippen LogP contribution in [0, 0.1) is 0 Å². The minimum Gasteiger partial charge on any atom is -0.281 e. The van der Waals surface area contributed by atoms with Gasteiger partial charge in [0.25, 0.3) is 5.91 Å². The van der Waals surface area contributed by atoms with Crippen LogP contribution >= 0.6 is 15.9 Å². The summed E-state index contributed by atoms with van der Waals surface area (Å²) in [7, 11) is 0. The van der Waals surface area contributed by atoms with Gasteiger partial charge in [-0.1, -0.05) is 22.0 Å². The Labute approximate surface area is 77.7 Å². The number of benzene rings is 1. The summed E-state index contributed by atoms with van der Waals surface area (Å²) in [5.74, 6) is -0.281. The molecule has 0 spiro atoms. The molecule has 12 heavy (non-hydrogen) atoms. The predicted molar refractivity (Wildman–Crippen MR) is 47.1 cm³/mol. The number of carbonyl (C=O) groups excluding carboxylic acids is 1. The highest BCUT2D eigenvalue weighted by molar-refractivity contribution is 9.10. The van der Waals surface area contributed by atoms with Gasteiger partial charge >= 0.3 is 0 Å². The number of carbonyl (C=O) groups is 1. The summed E-state index contributed by atoms with van der Waals surface area (Å²) >= 11 is 3.31. The fourth-order valence-electron chi connectivity index (χ4n) is 1.28. The molecular formula is C8H6BrNO2. The Balaban J connectivity index is 2.60. The highest BCUT2D eigenvalue weighted by Crippen LogP contribution is 2.32. The van der Waals surface area contributed by atoms with Gasteiger partial charge in [0.1, 0.15) is 0 Å². The van der Waals surface area contributed by atoms with Crippen LogP contribution in [0.1, 0.15) is 5.56 Å². The summed E-state index contributed by atoms with van der Waals surface area (Å²) in [6.07, 6.45) is 0.271. The van der Waals surface area contributed by atoms with Gasteiger partial charge in [0.2, 0.25) is 0 Å². The molecule has 1 heterocycles. The molecule has 0 aliphatic carbocycles. The van der Waals surface area contributed by atoms with Crippen LogP contribution < -0.4 is 5.06 Å². The molecule has 1 amide bonds. The van der Waals surface area contributed by atoms with Crippen LogP contribution in [0.25, 0.3) is 0 Å². The van der Waals surface area contributed by atoms with E-state index in [1.807, 2.05) is 6.07 Å². The zero-order valence-electron chi connectivity index (χ0n) is 6.12. The van der Waals surface area contributed by atoms with Gasteiger partial charge in [-0.3, -0.25) is 10.0 Å². The molecule has 2 rings (SSSR count). The van der Waals surface area contributed by atoms with Crippen LogP contribution in [0.2, 0.25) is 0 Å². The first-order valence-corrected chi connectivity index (χ1v) is 4.28. The molecule has 1 aromatic carbocycles. The highest BCUT2D eigenvalue weighted by atomic mass is 79.9. The maximum atomic E-state index is 11.0. The smallest absolute Gasteiger partial charge is 0.255 e. The maximum absolute atomic E-state index is 11.0. The van der Waals surface area contributed by atoms with E-state index < -0.39 is 0 Å². The number of halogens is 1. The van der Waals surface area contributed by atoms with Crippen LogP contribution in [-0.2, 0) is 11.2 Å². The van der Waals surface area contributed by atoms with Crippen molar-refractivity contribution in [3.63, 3.8) is 0 Å². The SMILES string of the molecule is O=C1Cc2c(Br)cccc2N1O. The van der Waals surface area contributed by atoms with Crippen LogP contribution in [0.5, 0.6) is 0 Å². The van der Waals surface area contributed by atoms with E-state index in [4.69, 9.17) is 0 Å². The quantitative estimate of drug-likeness (QED) is 0.687. The van der Waals surface area contributed by atoms with E-state index in [-0.39, 0.29) is 12.3 Å². The van der Waals surface area contributed by atoms with E-state index in [9.17, 15) is 10.0 Å². The molecule has 1 aromatic rings. The molecule has 0 radical (unpaired) electrons. The number of rotatable bonds is 0. The van der Waals surface area contributed by atoms with Gasteiger partial charge in [-0.05, 0) is 12.1 Å². The number of fused-ring (bicyclic) bond motifs is 1. The largest absolute Gasteiger partial charge is 0.281 e. The van der Waals surface area contributed by atoms with Crippen molar-refractivity contribution in [1.29, 1.82) is 0 Å². The number of hydroxylamine groups is 1. The van der Waals surface area contributed by atoms with Gasteiger partial charge in [0, 0.05) is 10.0 Å². The van der Waals surface area contributed by atoms with Crippen LogP contribution in [0.3, 0.4) is 0 Å². The molecule has 1 N–H and O–H groups in total. The third-order valence-electron chi connectivity index (χ3n) is 1.89. The molecule has 0 aromatic heterocycles. The minimum absolute atomic E-state index is 0.271. The molecule has 0 fully saturated rings. The second-order valence-corrected chi connectivity index (χ2v) is 3.47. The molecule has 1 aliphatic heterocycles. The Morgan fingerprint density at radius 2 is 2.25 bits per heavy atom. The van der Waals surface area contributed by atoms with E-state index in [0.717, 1.165) is 10.0 Å². The van der Waals surface area contributed by atoms with E-state index in [0.29, 0.717) is 10.8 Å². The Bertz CT molecular complexity index is 351. The standard InChI is InChI=1S/C8H6BrNO2/c9-6-2-1-3-7-5(6)4-8(11)10(7)12/h1-3,12H,4H2. The van der Waals surface area contributed by atoms with Gasteiger partial charge < -0.3 is 0 Å². The van der Waals surface area contributed by atoms with Gasteiger partial charge in [0.15, 0.2) is 0 Å². The van der Waals surface area contributed by atoms with Crippen molar-refractivity contribution in [2.45, 2.75) is 6.42 Å². The molecule has 62 valence electrons. The first-order valence-electron chi connectivity index (χ1n) is 3.49. The van der Waals surface area contributed by atoms with Gasteiger partial charge in [-0.15, -0.1) is 0 Å². The summed E-state index contributed by atoms with van der Waals surface area (Å²) in [6.45, 7) is 0. The highest BCUT2D eigenvalue weighted by Gasteiger charge is 2.27. The number of hydrogen-bond donors (Lipinski definition) is 1. The molecule has 0 unspecified atom stereocenters. The van der Waals surface area contributed by atoms with Crippen molar-refractivity contribution >= 4 is 27.5 Å². The lowest BCUT2D eigenvalue weighted by Gasteiger charge is -2.06. The molecule has 0 bridgehead atoms. The third kappa shape index (κ3) is 0.956. The molecule has 0 atom stereocenters. The zero-order chi connectivity index (χ0) is 8.72. The summed E-state index contributed by atoms with van der Waals surface area (Å²) < 4.78 is 0.866. The summed E-state index contributed by atoms with van der Waals surface area (Å²) in [5.41, 5.74) is 1.43. The zero-order valence-corrected chi connectivity index (χ0v) is 7.71. The summed E-state index contributed by atoms with van der Waals surface area (Å²) in [5, 5.41) is 9.93. The van der Waals surface area contributed by atoms with Crippen molar-refractivity contribution in [2.24, 2.45) is 0 Å². The summed E-state index contributed by atoms with van der Waals surface area (Å²) in [4.78, 5) is 11.0. The Kier molecular flexibility index (Phi) is 1.66.